The van der Waals surface area contributed by atoms with Gasteiger partial charge in [0.15, 0.2) is 0 Å². The number of nitrogens with one attached hydrogen (secondary N) is 1. The van der Waals surface area contributed by atoms with E-state index in [0.717, 1.165) is 31.2 Å². The maximum absolute atomic E-state index is 11.6. The van der Waals surface area contributed by atoms with Crippen LogP contribution in [0.3, 0.4) is 0 Å². The van der Waals surface area contributed by atoms with Crippen LogP contribution < -0.4 is 11.1 Å². The van der Waals surface area contributed by atoms with E-state index in [1.54, 1.807) is 0 Å². The molecule has 1 fully saturated rings. The van der Waals surface area contributed by atoms with E-state index in [2.05, 4.69) is 5.32 Å². The van der Waals surface area contributed by atoms with Crippen LogP contribution in [0.5, 0.6) is 0 Å². The third-order valence-electron chi connectivity index (χ3n) is 3.27. The lowest BCUT2D eigenvalue weighted by atomic mass is 9.94. The van der Waals surface area contributed by atoms with Crippen LogP contribution in [-0.2, 0) is 11.3 Å². The molecule has 1 aromatic carbocycles. The summed E-state index contributed by atoms with van der Waals surface area (Å²) in [6.07, 6.45) is 3.33. The van der Waals surface area contributed by atoms with Crippen molar-refractivity contribution in [2.45, 2.75) is 44.4 Å². The molecule has 0 radical (unpaired) electrons. The summed E-state index contributed by atoms with van der Waals surface area (Å²) in [5.74, 6) is 0. The molecule has 4 nitrogen and oxygen atoms in total. The van der Waals surface area contributed by atoms with Gasteiger partial charge in [0.25, 0.3) is 0 Å². The Kier molecular flexibility index (Phi) is 4.59. The van der Waals surface area contributed by atoms with Gasteiger partial charge in [0.05, 0.1) is 0 Å². The highest BCUT2D eigenvalue weighted by Crippen LogP contribution is 2.19. The van der Waals surface area contributed by atoms with Gasteiger partial charge in [-0.05, 0) is 31.2 Å². The van der Waals surface area contributed by atoms with Gasteiger partial charge in [-0.3, -0.25) is 0 Å². The predicted octanol–water partition coefficient (Wildman–Crippen LogP) is 2.18. The quantitative estimate of drug-likeness (QED) is 0.861. The fraction of sp³-hybridized carbons (Fsp3) is 0.500. The van der Waals surface area contributed by atoms with Gasteiger partial charge in [-0.15, -0.1) is 0 Å². The minimum Gasteiger partial charge on any atom is -0.446 e. The maximum Gasteiger partial charge on any atom is 0.407 e. The third kappa shape index (κ3) is 4.04. The fourth-order valence-electron chi connectivity index (χ4n) is 2.17. The molecule has 1 aromatic rings. The summed E-state index contributed by atoms with van der Waals surface area (Å²) in [6, 6.07) is 10.1. The molecule has 0 heterocycles. The summed E-state index contributed by atoms with van der Waals surface area (Å²) in [5.41, 5.74) is 6.88. The number of carbonyl (C=O) groups excluding carboxylic acids is 1. The number of hydrogen-bond donors (Lipinski definition) is 2. The van der Waals surface area contributed by atoms with Gasteiger partial charge in [0, 0.05) is 12.6 Å². The minimum absolute atomic E-state index is 0.0283. The molecule has 0 spiro atoms. The van der Waals surface area contributed by atoms with Crippen molar-refractivity contribution in [1.82, 2.24) is 5.32 Å². The van der Waals surface area contributed by atoms with Gasteiger partial charge in [0.1, 0.15) is 6.10 Å². The number of benzene rings is 1. The monoisotopic (exact) mass is 248 g/mol. The molecule has 98 valence electrons. The van der Waals surface area contributed by atoms with Gasteiger partial charge >= 0.3 is 6.09 Å². The maximum atomic E-state index is 11.6. The Balaban J connectivity index is 1.69. The number of ether oxygens (including phenoxy) is 1. The van der Waals surface area contributed by atoms with E-state index in [1.807, 2.05) is 30.3 Å². The van der Waals surface area contributed by atoms with Gasteiger partial charge in [-0.25, -0.2) is 4.79 Å². The molecule has 1 amide bonds. The average molecular weight is 248 g/mol. The highest BCUT2D eigenvalue weighted by atomic mass is 16.6. The van der Waals surface area contributed by atoms with Crippen molar-refractivity contribution in [3.8, 4) is 0 Å². The van der Waals surface area contributed by atoms with E-state index in [-0.39, 0.29) is 18.2 Å². The summed E-state index contributed by atoms with van der Waals surface area (Å²) < 4.78 is 5.36. The number of rotatable bonds is 3. The first-order chi connectivity index (χ1) is 8.74. The number of hydrogen-bond acceptors (Lipinski definition) is 3. The Labute approximate surface area is 108 Å². The third-order valence-corrected chi connectivity index (χ3v) is 3.27. The van der Waals surface area contributed by atoms with Crippen LogP contribution in [0, 0.1) is 0 Å². The minimum atomic E-state index is -0.334. The SMILES string of the molecule is NC1CCC(OC(=O)NCc2ccccc2)CC1. The van der Waals surface area contributed by atoms with E-state index in [0.29, 0.717) is 6.54 Å². The summed E-state index contributed by atoms with van der Waals surface area (Å²) in [4.78, 5) is 11.6. The lowest BCUT2D eigenvalue weighted by Gasteiger charge is -2.25. The van der Waals surface area contributed by atoms with Crippen molar-refractivity contribution in [3.05, 3.63) is 35.9 Å². The molecule has 2 rings (SSSR count). The van der Waals surface area contributed by atoms with E-state index in [4.69, 9.17) is 10.5 Å². The van der Waals surface area contributed by atoms with Crippen LogP contribution in [0.25, 0.3) is 0 Å². The molecule has 0 aliphatic heterocycles. The highest BCUT2D eigenvalue weighted by Gasteiger charge is 2.21. The number of alkyl carbamates (subject to hydrolysis) is 1. The first-order valence-corrected chi connectivity index (χ1v) is 6.48. The summed E-state index contributed by atoms with van der Waals surface area (Å²) in [7, 11) is 0. The number of carbonyl (C=O) groups is 1. The average Bonchev–Trinajstić information content (AvgIpc) is 2.40. The molecule has 0 unspecified atom stereocenters. The molecule has 0 aromatic heterocycles. The Morgan fingerprint density at radius 2 is 1.89 bits per heavy atom. The lowest BCUT2D eigenvalue weighted by Crippen LogP contribution is -2.34. The summed E-state index contributed by atoms with van der Waals surface area (Å²) in [6.45, 7) is 0.506. The predicted molar refractivity (Wildman–Crippen MR) is 70.0 cm³/mol. The highest BCUT2D eigenvalue weighted by molar-refractivity contribution is 5.67. The zero-order valence-electron chi connectivity index (χ0n) is 10.5. The molecular weight excluding hydrogens is 228 g/mol. The van der Waals surface area contributed by atoms with Gasteiger partial charge in [-0.1, -0.05) is 30.3 Å². The van der Waals surface area contributed by atoms with E-state index >= 15 is 0 Å². The largest absolute Gasteiger partial charge is 0.446 e. The van der Waals surface area contributed by atoms with Crippen LogP contribution in [0.15, 0.2) is 30.3 Å². The van der Waals surface area contributed by atoms with Crippen molar-refractivity contribution >= 4 is 6.09 Å². The van der Waals surface area contributed by atoms with E-state index in [9.17, 15) is 4.79 Å². The standard InChI is InChI=1S/C14H20N2O2/c15-12-6-8-13(9-7-12)18-14(17)16-10-11-4-2-1-3-5-11/h1-5,12-13H,6-10,15H2,(H,16,17). The Hall–Kier alpha value is -1.55. The molecule has 4 heteroatoms. The molecule has 3 N–H and O–H groups in total. The number of nitrogens with two attached hydrogens (primary N) is 1. The Morgan fingerprint density at radius 3 is 2.56 bits per heavy atom. The first kappa shape index (κ1) is 12.9. The summed E-state index contributed by atoms with van der Waals surface area (Å²) >= 11 is 0. The molecular formula is C14H20N2O2. The summed E-state index contributed by atoms with van der Waals surface area (Å²) in [5, 5.41) is 2.77. The van der Waals surface area contributed by atoms with Crippen molar-refractivity contribution in [3.63, 3.8) is 0 Å². The fourth-order valence-corrected chi connectivity index (χ4v) is 2.17. The second-order valence-corrected chi connectivity index (χ2v) is 4.78. The van der Waals surface area contributed by atoms with Gasteiger partial charge in [0.2, 0.25) is 0 Å². The van der Waals surface area contributed by atoms with E-state index < -0.39 is 0 Å². The van der Waals surface area contributed by atoms with Gasteiger partial charge in [-0.2, -0.15) is 0 Å². The van der Waals surface area contributed by atoms with Gasteiger partial charge < -0.3 is 15.8 Å². The second-order valence-electron chi connectivity index (χ2n) is 4.78. The van der Waals surface area contributed by atoms with Crippen LogP contribution >= 0.6 is 0 Å². The molecule has 1 aliphatic rings. The zero-order chi connectivity index (χ0) is 12.8. The number of amides is 1. The van der Waals surface area contributed by atoms with Crippen molar-refractivity contribution in [2.75, 3.05) is 0 Å². The molecule has 1 aliphatic carbocycles. The van der Waals surface area contributed by atoms with Crippen LogP contribution in [-0.4, -0.2) is 18.2 Å². The van der Waals surface area contributed by atoms with Crippen molar-refractivity contribution in [2.24, 2.45) is 5.73 Å². The molecule has 0 atom stereocenters. The second kappa shape index (κ2) is 6.40. The zero-order valence-corrected chi connectivity index (χ0v) is 10.5. The van der Waals surface area contributed by atoms with Crippen molar-refractivity contribution in [1.29, 1.82) is 0 Å². The van der Waals surface area contributed by atoms with Crippen LogP contribution in [0.1, 0.15) is 31.2 Å². The van der Waals surface area contributed by atoms with Crippen LogP contribution in [0.2, 0.25) is 0 Å². The molecule has 18 heavy (non-hydrogen) atoms. The Morgan fingerprint density at radius 1 is 1.22 bits per heavy atom. The van der Waals surface area contributed by atoms with Crippen LogP contribution in [0.4, 0.5) is 4.79 Å². The Bertz CT molecular complexity index is 373. The van der Waals surface area contributed by atoms with E-state index in [1.165, 1.54) is 0 Å². The lowest BCUT2D eigenvalue weighted by molar-refractivity contribution is 0.0715. The molecule has 1 saturated carbocycles. The van der Waals surface area contributed by atoms with Crippen molar-refractivity contribution < 1.29 is 9.53 Å². The normalized spacial score (nSPS) is 23.4. The molecule has 0 saturated heterocycles. The first-order valence-electron chi connectivity index (χ1n) is 6.48. The topological polar surface area (TPSA) is 64.3 Å². The molecule has 0 bridgehead atoms. The smallest absolute Gasteiger partial charge is 0.407 e.